The van der Waals surface area contributed by atoms with Crippen LogP contribution >= 0.6 is 11.6 Å². The first-order valence-corrected chi connectivity index (χ1v) is 9.82. The molecule has 1 heterocycles. The second-order valence-electron chi connectivity index (χ2n) is 5.94. The molecule has 0 saturated heterocycles. The normalized spacial score (nSPS) is 11.7. The maximum Gasteiger partial charge on any atom is 0.247 e. The van der Waals surface area contributed by atoms with E-state index in [2.05, 4.69) is 10.1 Å². The minimum Gasteiger partial charge on any atom is -0.495 e. The summed E-state index contributed by atoms with van der Waals surface area (Å²) in [6, 6.07) is 12.0. The van der Waals surface area contributed by atoms with Gasteiger partial charge in [0.25, 0.3) is 0 Å². The number of methoxy groups -OCH3 is 1. The molecule has 7 nitrogen and oxygen atoms in total. The number of aryl methyl sites for hydroxylation is 1. The van der Waals surface area contributed by atoms with Crippen LogP contribution in [-0.4, -0.2) is 37.0 Å². The van der Waals surface area contributed by atoms with Crippen LogP contribution in [-0.2, 0) is 16.6 Å². The van der Waals surface area contributed by atoms with E-state index in [1.54, 1.807) is 6.07 Å². The van der Waals surface area contributed by atoms with Gasteiger partial charge < -0.3 is 9.26 Å². The fourth-order valence-corrected chi connectivity index (χ4v) is 4.05. The first-order chi connectivity index (χ1) is 12.8. The zero-order valence-corrected chi connectivity index (χ0v) is 16.6. The van der Waals surface area contributed by atoms with Crippen molar-refractivity contribution in [3.8, 4) is 17.1 Å². The zero-order valence-electron chi connectivity index (χ0n) is 15.0. The van der Waals surface area contributed by atoms with E-state index in [0.29, 0.717) is 10.8 Å². The number of rotatable bonds is 6. The Balaban J connectivity index is 1.85. The van der Waals surface area contributed by atoms with Gasteiger partial charge in [0.15, 0.2) is 0 Å². The highest BCUT2D eigenvalue weighted by Gasteiger charge is 2.27. The highest BCUT2D eigenvalue weighted by molar-refractivity contribution is 7.89. The molecule has 9 heteroatoms. The van der Waals surface area contributed by atoms with Crippen molar-refractivity contribution in [1.29, 1.82) is 0 Å². The molecule has 3 rings (SSSR count). The molecule has 142 valence electrons. The van der Waals surface area contributed by atoms with Gasteiger partial charge in [0.1, 0.15) is 10.6 Å². The van der Waals surface area contributed by atoms with E-state index in [1.165, 1.54) is 26.3 Å². The Labute approximate surface area is 162 Å². The Kier molecular flexibility index (Phi) is 5.50. The second kappa shape index (κ2) is 7.67. The van der Waals surface area contributed by atoms with Gasteiger partial charge in [0.05, 0.1) is 13.7 Å². The zero-order chi connectivity index (χ0) is 19.6. The second-order valence-corrected chi connectivity index (χ2v) is 8.39. The third-order valence-corrected chi connectivity index (χ3v) is 5.98. The monoisotopic (exact) mass is 407 g/mol. The highest BCUT2D eigenvalue weighted by Crippen LogP contribution is 2.29. The van der Waals surface area contributed by atoms with Gasteiger partial charge >= 0.3 is 0 Å². The first kappa shape index (κ1) is 19.3. The summed E-state index contributed by atoms with van der Waals surface area (Å²) in [4.78, 5) is 4.26. The summed E-state index contributed by atoms with van der Waals surface area (Å²) in [6.45, 7) is 1.88. The van der Waals surface area contributed by atoms with Crippen LogP contribution in [0.4, 0.5) is 0 Å². The third kappa shape index (κ3) is 4.13. The highest BCUT2D eigenvalue weighted by atomic mass is 35.5. The molecule has 0 saturated carbocycles. The molecule has 0 N–H and O–H groups in total. The Morgan fingerprint density at radius 2 is 2.00 bits per heavy atom. The lowest BCUT2D eigenvalue weighted by molar-refractivity contribution is 0.335. The molecule has 0 radical (unpaired) electrons. The van der Waals surface area contributed by atoms with Crippen LogP contribution in [0.3, 0.4) is 0 Å². The molecule has 0 aliphatic heterocycles. The molecule has 3 aromatic rings. The van der Waals surface area contributed by atoms with Crippen LogP contribution in [0.15, 0.2) is 51.9 Å². The van der Waals surface area contributed by atoms with Crippen molar-refractivity contribution in [3.63, 3.8) is 0 Å². The van der Waals surface area contributed by atoms with E-state index in [9.17, 15) is 8.42 Å². The molecule has 0 spiro atoms. The van der Waals surface area contributed by atoms with E-state index >= 15 is 0 Å². The summed E-state index contributed by atoms with van der Waals surface area (Å²) in [5.74, 6) is 0.788. The van der Waals surface area contributed by atoms with Gasteiger partial charge in [-0.15, -0.1) is 0 Å². The lowest BCUT2D eigenvalue weighted by atomic mass is 10.1. The largest absolute Gasteiger partial charge is 0.495 e. The smallest absolute Gasteiger partial charge is 0.247 e. The van der Waals surface area contributed by atoms with E-state index in [1.807, 2.05) is 31.2 Å². The Morgan fingerprint density at radius 3 is 2.70 bits per heavy atom. The van der Waals surface area contributed by atoms with Crippen LogP contribution in [0, 0.1) is 6.92 Å². The molecule has 2 aromatic carbocycles. The van der Waals surface area contributed by atoms with Crippen LogP contribution in [0.1, 0.15) is 11.5 Å². The SMILES string of the molecule is COc1ccc(Cl)cc1S(=O)(=O)N(C)Cc1nc(-c2cccc(C)c2)no1. The van der Waals surface area contributed by atoms with Crippen molar-refractivity contribution in [2.24, 2.45) is 0 Å². The topological polar surface area (TPSA) is 85.5 Å². The molecule has 1 aromatic heterocycles. The number of ether oxygens (including phenoxy) is 1. The lowest BCUT2D eigenvalue weighted by Crippen LogP contribution is -2.27. The molecule has 0 atom stereocenters. The number of hydrogen-bond donors (Lipinski definition) is 0. The van der Waals surface area contributed by atoms with Crippen LogP contribution in [0.2, 0.25) is 5.02 Å². The molecule has 0 aliphatic carbocycles. The third-order valence-electron chi connectivity index (χ3n) is 3.92. The molecule has 0 bridgehead atoms. The summed E-state index contributed by atoms with van der Waals surface area (Å²) in [7, 11) is -1.05. The molecular formula is C18H18ClN3O4S. The lowest BCUT2D eigenvalue weighted by Gasteiger charge is -2.17. The Bertz CT molecular complexity index is 1070. The molecule has 27 heavy (non-hydrogen) atoms. The predicted molar refractivity (Wildman–Crippen MR) is 101 cm³/mol. The molecule has 0 aliphatic rings. The van der Waals surface area contributed by atoms with Gasteiger partial charge in [-0.2, -0.15) is 9.29 Å². The summed E-state index contributed by atoms with van der Waals surface area (Å²) in [5, 5.41) is 4.22. The first-order valence-electron chi connectivity index (χ1n) is 8.01. The van der Waals surface area contributed by atoms with Gasteiger partial charge in [-0.1, -0.05) is 40.5 Å². The Morgan fingerprint density at radius 1 is 1.22 bits per heavy atom. The van der Waals surface area contributed by atoms with Crippen molar-refractivity contribution in [1.82, 2.24) is 14.4 Å². The molecule has 0 fully saturated rings. The molecule has 0 unspecified atom stereocenters. The minimum atomic E-state index is -3.87. The van der Waals surface area contributed by atoms with Gasteiger partial charge in [-0.25, -0.2) is 8.42 Å². The van der Waals surface area contributed by atoms with E-state index in [-0.39, 0.29) is 23.1 Å². The maximum atomic E-state index is 12.9. The van der Waals surface area contributed by atoms with Crippen molar-refractivity contribution in [2.75, 3.05) is 14.2 Å². The van der Waals surface area contributed by atoms with Crippen molar-refractivity contribution < 1.29 is 17.7 Å². The van der Waals surface area contributed by atoms with Gasteiger partial charge in [0, 0.05) is 17.6 Å². The van der Waals surface area contributed by atoms with Gasteiger partial charge in [0.2, 0.25) is 21.7 Å². The minimum absolute atomic E-state index is 0.0292. The quantitative estimate of drug-likeness (QED) is 0.621. The molecule has 0 amide bonds. The standard InChI is InChI=1S/C18H18ClN3O4S/c1-12-5-4-6-13(9-12)18-20-17(26-21-18)11-22(2)27(23,24)16-10-14(19)7-8-15(16)25-3/h4-10H,11H2,1-3H3. The summed E-state index contributed by atoms with van der Waals surface area (Å²) in [5.41, 5.74) is 1.86. The van der Waals surface area contributed by atoms with Gasteiger partial charge in [-0.05, 0) is 31.2 Å². The van der Waals surface area contributed by atoms with E-state index in [4.69, 9.17) is 20.9 Å². The van der Waals surface area contributed by atoms with Crippen molar-refractivity contribution >= 4 is 21.6 Å². The van der Waals surface area contributed by atoms with Crippen LogP contribution in [0.25, 0.3) is 11.4 Å². The summed E-state index contributed by atoms with van der Waals surface area (Å²) < 4.78 is 37.2. The van der Waals surface area contributed by atoms with Gasteiger partial charge in [-0.3, -0.25) is 0 Å². The van der Waals surface area contributed by atoms with Crippen LogP contribution in [0.5, 0.6) is 5.75 Å². The number of sulfonamides is 1. The van der Waals surface area contributed by atoms with Crippen molar-refractivity contribution in [3.05, 3.63) is 58.9 Å². The summed E-state index contributed by atoms with van der Waals surface area (Å²) in [6.07, 6.45) is 0. The maximum absolute atomic E-state index is 12.9. The Hall–Kier alpha value is -2.42. The average Bonchev–Trinajstić information content (AvgIpc) is 3.10. The number of benzene rings is 2. The summed E-state index contributed by atoms with van der Waals surface area (Å²) >= 11 is 5.95. The average molecular weight is 408 g/mol. The number of aromatic nitrogens is 2. The molecular weight excluding hydrogens is 390 g/mol. The number of nitrogens with zero attached hydrogens (tertiary/aromatic N) is 3. The van der Waals surface area contributed by atoms with E-state index in [0.717, 1.165) is 15.4 Å². The fourth-order valence-electron chi connectivity index (χ4n) is 2.52. The van der Waals surface area contributed by atoms with Crippen molar-refractivity contribution in [2.45, 2.75) is 18.4 Å². The predicted octanol–water partition coefficient (Wildman–Crippen LogP) is 3.53. The van der Waals surface area contributed by atoms with Crippen LogP contribution < -0.4 is 4.74 Å². The van der Waals surface area contributed by atoms with E-state index < -0.39 is 10.0 Å². The number of halogens is 1. The number of hydrogen-bond acceptors (Lipinski definition) is 6. The fraction of sp³-hybridized carbons (Fsp3) is 0.222.